The van der Waals surface area contributed by atoms with Crippen molar-refractivity contribution < 1.29 is 28.3 Å². The highest BCUT2D eigenvalue weighted by atomic mass is 28.4. The Hall–Kier alpha value is -0.399. The molecule has 0 bridgehead atoms. The maximum absolute atomic E-state index is 10.7. The summed E-state index contributed by atoms with van der Waals surface area (Å²) in [6.07, 6.45) is 2.31. The molecule has 0 aromatic carbocycles. The van der Waals surface area contributed by atoms with E-state index in [0.717, 1.165) is 6.29 Å². The van der Waals surface area contributed by atoms with E-state index < -0.39 is 37.2 Å². The van der Waals surface area contributed by atoms with Crippen LogP contribution in [0.2, 0.25) is 49.9 Å². The molecule has 0 aromatic heterocycles. The second-order valence-corrected chi connectivity index (χ2v) is 33.2. The molecule has 0 fully saturated rings. The van der Waals surface area contributed by atoms with Crippen LogP contribution in [0.3, 0.4) is 0 Å². The van der Waals surface area contributed by atoms with Crippen molar-refractivity contribution in [1.29, 1.82) is 0 Å². The lowest BCUT2D eigenvalue weighted by Gasteiger charge is -2.44. The molecule has 0 heterocycles. The molecule has 0 aromatic rings. The minimum Gasteiger partial charge on any atom is -0.410 e. The van der Waals surface area contributed by atoms with Gasteiger partial charge in [0, 0.05) is 0 Å². The van der Waals surface area contributed by atoms with Gasteiger partial charge in [-0.2, -0.15) is 0 Å². The Labute approximate surface area is 309 Å². The lowest BCUT2D eigenvalue weighted by atomic mass is 10.2. The Kier molecular flexibility index (Phi) is 26.0. The molecule has 6 nitrogen and oxygen atoms in total. The number of rotatable bonds is 20. The molecule has 0 amide bonds. The molecule has 5 atom stereocenters. The minimum atomic E-state index is -1.88. The standard InChI is InChI=1S/2C14H30O2Si.C12H26O2Si/c2*1-9-14(15)13(8)16-17(10(2)3,11(4)5)12(6)7;1-9(2)15(10(3)4,11(5)6)14-12(7)8-13/h2*9-15H,1H2,2-8H3;8-12H,1-7H3/t13-,14+;13-,14-;12-/m000/s1. The Bertz CT molecular complexity index is 785. The quantitative estimate of drug-likeness (QED) is 0.0733. The van der Waals surface area contributed by atoms with Crippen LogP contribution in [-0.2, 0) is 18.1 Å². The van der Waals surface area contributed by atoms with Crippen LogP contribution >= 0.6 is 0 Å². The summed E-state index contributed by atoms with van der Waals surface area (Å²) in [5, 5.41) is 19.6. The van der Waals surface area contributed by atoms with Gasteiger partial charge < -0.3 is 28.3 Å². The average molecular weight is 747 g/mol. The summed E-state index contributed by atoms with van der Waals surface area (Å²) in [4.78, 5) is 10.7. The second-order valence-electron chi connectivity index (χ2n) is 17.0. The maximum Gasteiger partial charge on any atom is 0.201 e. The lowest BCUT2D eigenvalue weighted by molar-refractivity contribution is -0.113. The molecule has 0 unspecified atom stereocenters. The number of aliphatic hydroxyl groups is 2. The number of aldehydes is 1. The second kappa shape index (κ2) is 24.0. The van der Waals surface area contributed by atoms with Crippen LogP contribution < -0.4 is 0 Å². The third-order valence-electron chi connectivity index (χ3n) is 10.9. The molecule has 9 heteroatoms. The summed E-state index contributed by atoms with van der Waals surface area (Å²) in [5.41, 5.74) is 4.89. The molecular formula is C40H86O6Si3. The molecule has 0 aliphatic carbocycles. The molecule has 49 heavy (non-hydrogen) atoms. The van der Waals surface area contributed by atoms with Gasteiger partial charge in [-0.25, -0.2) is 0 Å². The van der Waals surface area contributed by atoms with E-state index in [9.17, 15) is 15.0 Å². The zero-order chi connectivity index (χ0) is 39.8. The van der Waals surface area contributed by atoms with Crippen molar-refractivity contribution in [1.82, 2.24) is 0 Å². The highest BCUT2D eigenvalue weighted by Gasteiger charge is 2.48. The van der Waals surface area contributed by atoms with Crippen molar-refractivity contribution in [3.05, 3.63) is 25.3 Å². The highest BCUT2D eigenvalue weighted by Crippen LogP contribution is 2.45. The molecule has 0 saturated heterocycles. The predicted molar refractivity (Wildman–Crippen MR) is 223 cm³/mol. The van der Waals surface area contributed by atoms with E-state index in [1.165, 1.54) is 0 Å². The Balaban J connectivity index is -0.000000649. The lowest BCUT2D eigenvalue weighted by Crippen LogP contribution is -2.51. The number of carbonyl (C=O) groups excluding carboxylic acids is 1. The van der Waals surface area contributed by atoms with Crippen molar-refractivity contribution in [2.75, 3.05) is 0 Å². The van der Waals surface area contributed by atoms with Crippen molar-refractivity contribution >= 4 is 31.2 Å². The fourth-order valence-electron chi connectivity index (χ4n) is 8.74. The predicted octanol–water partition coefficient (Wildman–Crippen LogP) is 12.0. The summed E-state index contributed by atoms with van der Waals surface area (Å²) < 4.78 is 18.9. The van der Waals surface area contributed by atoms with Gasteiger partial charge >= 0.3 is 0 Å². The minimum absolute atomic E-state index is 0.161. The van der Waals surface area contributed by atoms with Gasteiger partial charge in [0.25, 0.3) is 0 Å². The average Bonchev–Trinajstić information content (AvgIpc) is 2.98. The maximum atomic E-state index is 10.7. The summed E-state index contributed by atoms with van der Waals surface area (Å²) in [6.45, 7) is 53.4. The fourth-order valence-corrected chi connectivity index (χ4v) is 25.5. The summed E-state index contributed by atoms with van der Waals surface area (Å²) in [7, 11) is -5.60. The van der Waals surface area contributed by atoms with Gasteiger partial charge in [0.1, 0.15) is 6.29 Å². The largest absolute Gasteiger partial charge is 0.410 e. The third-order valence-corrected chi connectivity index (χ3v) is 29.5. The first-order chi connectivity index (χ1) is 22.2. The van der Waals surface area contributed by atoms with Gasteiger partial charge in [0.05, 0.1) is 30.5 Å². The number of aliphatic hydroxyl groups excluding tert-OH is 2. The van der Waals surface area contributed by atoms with Crippen molar-refractivity contribution in [2.45, 2.75) is 226 Å². The van der Waals surface area contributed by atoms with Crippen LogP contribution in [0.5, 0.6) is 0 Å². The zero-order valence-electron chi connectivity index (χ0n) is 36.3. The van der Waals surface area contributed by atoms with Crippen molar-refractivity contribution in [3.8, 4) is 0 Å². The Morgan fingerprint density at radius 3 is 0.735 bits per heavy atom. The molecule has 0 rings (SSSR count). The van der Waals surface area contributed by atoms with Crippen LogP contribution in [0.4, 0.5) is 0 Å². The van der Waals surface area contributed by atoms with Crippen LogP contribution in [0.1, 0.15) is 145 Å². The molecule has 0 spiro atoms. The van der Waals surface area contributed by atoms with E-state index >= 15 is 0 Å². The van der Waals surface area contributed by atoms with Crippen LogP contribution in [0.25, 0.3) is 0 Å². The normalized spacial score (nSPS) is 16.2. The molecule has 0 radical (unpaired) electrons. The first-order valence-corrected chi connectivity index (χ1v) is 25.7. The van der Waals surface area contributed by atoms with Gasteiger partial charge in [-0.1, -0.05) is 137 Å². The first kappa shape index (κ1) is 53.0. The van der Waals surface area contributed by atoms with Crippen LogP contribution in [0, 0.1) is 0 Å². The molecule has 294 valence electrons. The number of hydrogen-bond acceptors (Lipinski definition) is 6. The van der Waals surface area contributed by atoms with Crippen molar-refractivity contribution in [3.63, 3.8) is 0 Å². The molecule has 2 N–H and O–H groups in total. The Morgan fingerprint density at radius 2 is 0.592 bits per heavy atom. The smallest absolute Gasteiger partial charge is 0.201 e. The van der Waals surface area contributed by atoms with E-state index in [-0.39, 0.29) is 18.3 Å². The summed E-state index contributed by atoms with van der Waals surface area (Å²) in [6, 6.07) is 0. The molecular weight excluding hydrogens is 661 g/mol. The third kappa shape index (κ3) is 14.5. The summed E-state index contributed by atoms with van der Waals surface area (Å²) in [5.74, 6) is 0. The van der Waals surface area contributed by atoms with Crippen molar-refractivity contribution in [2.24, 2.45) is 0 Å². The monoisotopic (exact) mass is 747 g/mol. The van der Waals surface area contributed by atoms with Gasteiger partial charge in [-0.3, -0.25) is 0 Å². The van der Waals surface area contributed by atoms with E-state index in [0.29, 0.717) is 49.9 Å². The first-order valence-electron chi connectivity index (χ1n) is 19.3. The molecule has 0 aliphatic rings. The van der Waals surface area contributed by atoms with E-state index in [1.54, 1.807) is 12.2 Å². The van der Waals surface area contributed by atoms with Crippen LogP contribution in [-0.4, -0.2) is 72.0 Å². The van der Waals surface area contributed by atoms with Gasteiger partial charge in [-0.05, 0) is 70.6 Å². The molecule has 0 aliphatic heterocycles. The van der Waals surface area contributed by atoms with Gasteiger partial charge in [0.15, 0.2) is 0 Å². The van der Waals surface area contributed by atoms with E-state index in [2.05, 4.69) is 138 Å². The van der Waals surface area contributed by atoms with Gasteiger partial charge in [-0.15, -0.1) is 13.2 Å². The fraction of sp³-hybridized carbons (Fsp3) is 0.875. The number of hydrogen-bond donors (Lipinski definition) is 2. The number of carbonyl (C=O) groups is 1. The Morgan fingerprint density at radius 1 is 0.408 bits per heavy atom. The zero-order valence-corrected chi connectivity index (χ0v) is 39.3. The van der Waals surface area contributed by atoms with E-state index in [1.807, 2.05) is 20.8 Å². The highest BCUT2D eigenvalue weighted by molar-refractivity contribution is 6.78. The van der Waals surface area contributed by atoms with E-state index in [4.69, 9.17) is 13.3 Å². The van der Waals surface area contributed by atoms with Gasteiger partial charge in [0.2, 0.25) is 25.0 Å². The molecule has 0 saturated carbocycles. The SMILES string of the molecule is C=C[C@@H](O)[C@H](C)O[Si](C(C)C)(C(C)C)C(C)C.C=C[C@H](O)[C@H](C)O[Si](C(C)C)(C(C)C)C(C)C.CC(C)[Si](O[C@@H](C)C=O)(C(C)C)C(C)C. The van der Waals surface area contributed by atoms with Crippen LogP contribution in [0.15, 0.2) is 25.3 Å². The summed E-state index contributed by atoms with van der Waals surface area (Å²) >= 11 is 0. The topological polar surface area (TPSA) is 85.2 Å².